The molecule has 140 valence electrons. The predicted molar refractivity (Wildman–Crippen MR) is 92.7 cm³/mol. The molecule has 2 N–H and O–H groups in total. The number of hydrogen-bond acceptors (Lipinski definition) is 7. The summed E-state index contributed by atoms with van der Waals surface area (Å²) in [5.74, 6) is -2.09. The van der Waals surface area contributed by atoms with E-state index in [-0.39, 0.29) is 12.5 Å². The molecule has 2 amide bonds. The number of benzene rings is 1. The van der Waals surface area contributed by atoms with Crippen molar-refractivity contribution in [2.75, 3.05) is 31.0 Å². The minimum atomic E-state index is -0.868. The molecule has 9 heteroatoms. The van der Waals surface area contributed by atoms with Crippen LogP contribution in [-0.2, 0) is 28.7 Å². The van der Waals surface area contributed by atoms with E-state index in [9.17, 15) is 19.2 Å². The lowest BCUT2D eigenvalue weighted by Crippen LogP contribution is -2.20. The van der Waals surface area contributed by atoms with Crippen LogP contribution in [0.3, 0.4) is 0 Å². The molecule has 0 aliphatic rings. The van der Waals surface area contributed by atoms with Crippen molar-refractivity contribution >= 4 is 35.1 Å². The zero-order chi connectivity index (χ0) is 19.5. The van der Waals surface area contributed by atoms with Gasteiger partial charge in [-0.2, -0.15) is 0 Å². The third-order valence-electron chi connectivity index (χ3n) is 2.78. The molecule has 0 heterocycles. The van der Waals surface area contributed by atoms with Gasteiger partial charge in [0.1, 0.15) is 5.75 Å². The van der Waals surface area contributed by atoms with E-state index in [2.05, 4.69) is 15.4 Å². The van der Waals surface area contributed by atoms with Gasteiger partial charge >= 0.3 is 11.9 Å². The molecule has 1 aromatic rings. The molecule has 1 rings (SSSR count). The van der Waals surface area contributed by atoms with Crippen LogP contribution in [0.15, 0.2) is 30.4 Å². The molecule has 0 saturated carbocycles. The number of carbonyl (C=O) groups is 4. The van der Waals surface area contributed by atoms with Gasteiger partial charge in [-0.05, 0) is 25.1 Å². The summed E-state index contributed by atoms with van der Waals surface area (Å²) in [5.41, 5.74) is 0.754. The van der Waals surface area contributed by atoms with E-state index in [1.807, 2.05) is 0 Å². The molecule has 0 aromatic heterocycles. The molecule has 9 nitrogen and oxygen atoms in total. The molecular weight excluding hydrogens is 344 g/mol. The quantitative estimate of drug-likeness (QED) is 0.526. The second-order valence-electron chi connectivity index (χ2n) is 4.84. The van der Waals surface area contributed by atoms with Gasteiger partial charge in [0.15, 0.2) is 6.61 Å². The Balaban J connectivity index is 2.63. The van der Waals surface area contributed by atoms with Gasteiger partial charge in [0, 0.05) is 24.8 Å². The van der Waals surface area contributed by atoms with Crippen molar-refractivity contribution in [3.05, 3.63) is 30.4 Å². The van der Waals surface area contributed by atoms with Gasteiger partial charge in [-0.3, -0.25) is 9.59 Å². The Bertz CT molecular complexity index is 713. The van der Waals surface area contributed by atoms with Crippen LogP contribution in [0.2, 0.25) is 0 Å². The summed E-state index contributed by atoms with van der Waals surface area (Å²) in [7, 11) is 1.42. The van der Waals surface area contributed by atoms with Crippen LogP contribution >= 0.6 is 0 Å². The van der Waals surface area contributed by atoms with Crippen molar-refractivity contribution in [3.63, 3.8) is 0 Å². The summed E-state index contributed by atoms with van der Waals surface area (Å²) in [4.78, 5) is 45.5. The highest BCUT2D eigenvalue weighted by Gasteiger charge is 2.11. The Labute approximate surface area is 150 Å². The third kappa shape index (κ3) is 7.47. The summed E-state index contributed by atoms with van der Waals surface area (Å²) in [6.07, 6.45) is 1.77. The van der Waals surface area contributed by atoms with Gasteiger partial charge in [0.2, 0.25) is 5.91 Å². The standard InChI is InChI=1S/C17H20N2O7/c1-4-25-16(22)7-8-17(23)26-10-15(21)19-13-9-12(18-11(2)20)5-6-14(13)24-3/h5-9H,4,10H2,1-3H3,(H,18,20)(H,19,21)/b8-7+. The second kappa shape index (κ2) is 10.5. The largest absolute Gasteiger partial charge is 0.495 e. The summed E-state index contributed by atoms with van der Waals surface area (Å²) in [6, 6.07) is 4.67. The van der Waals surface area contributed by atoms with Crippen molar-refractivity contribution in [2.24, 2.45) is 0 Å². The average Bonchev–Trinajstić information content (AvgIpc) is 2.58. The Kier molecular flexibility index (Phi) is 8.35. The molecular formula is C17H20N2O7. The van der Waals surface area contributed by atoms with Gasteiger partial charge in [-0.25, -0.2) is 9.59 Å². The molecule has 0 atom stereocenters. The number of hydrogen-bond donors (Lipinski definition) is 2. The lowest BCUT2D eigenvalue weighted by Gasteiger charge is -2.12. The van der Waals surface area contributed by atoms with E-state index >= 15 is 0 Å². The number of esters is 2. The van der Waals surface area contributed by atoms with Crippen molar-refractivity contribution in [1.82, 2.24) is 0 Å². The second-order valence-corrected chi connectivity index (χ2v) is 4.84. The van der Waals surface area contributed by atoms with Crippen molar-refractivity contribution in [2.45, 2.75) is 13.8 Å². The van der Waals surface area contributed by atoms with Gasteiger partial charge < -0.3 is 24.8 Å². The third-order valence-corrected chi connectivity index (χ3v) is 2.78. The maximum absolute atomic E-state index is 11.9. The number of nitrogens with one attached hydrogen (secondary N) is 2. The topological polar surface area (TPSA) is 120 Å². The van der Waals surface area contributed by atoms with Crippen molar-refractivity contribution < 1.29 is 33.4 Å². The minimum absolute atomic E-state index is 0.181. The number of anilines is 2. The maximum atomic E-state index is 11.9. The number of amides is 2. The van der Waals surface area contributed by atoms with Crippen LogP contribution in [0, 0.1) is 0 Å². The monoisotopic (exact) mass is 364 g/mol. The summed E-state index contributed by atoms with van der Waals surface area (Å²) in [6.45, 7) is 2.59. The fraction of sp³-hybridized carbons (Fsp3) is 0.294. The van der Waals surface area contributed by atoms with Crippen LogP contribution in [0.25, 0.3) is 0 Å². The minimum Gasteiger partial charge on any atom is -0.495 e. The highest BCUT2D eigenvalue weighted by molar-refractivity contribution is 5.97. The lowest BCUT2D eigenvalue weighted by atomic mass is 10.2. The van der Waals surface area contributed by atoms with Crippen LogP contribution < -0.4 is 15.4 Å². The van der Waals surface area contributed by atoms with Crippen molar-refractivity contribution in [3.8, 4) is 5.75 Å². The summed E-state index contributed by atoms with van der Waals surface area (Å²) in [5, 5.41) is 5.08. The van der Waals surface area contributed by atoms with E-state index in [0.717, 1.165) is 12.2 Å². The van der Waals surface area contributed by atoms with Crippen LogP contribution in [0.4, 0.5) is 11.4 Å². The predicted octanol–water partition coefficient (Wildman–Crippen LogP) is 1.25. The van der Waals surface area contributed by atoms with Gasteiger partial charge in [-0.15, -0.1) is 0 Å². The average molecular weight is 364 g/mol. The van der Waals surface area contributed by atoms with E-state index in [4.69, 9.17) is 9.47 Å². The molecule has 0 aliphatic heterocycles. The highest BCUT2D eigenvalue weighted by atomic mass is 16.5. The molecule has 26 heavy (non-hydrogen) atoms. The zero-order valence-electron chi connectivity index (χ0n) is 14.7. The van der Waals surface area contributed by atoms with Gasteiger partial charge in [0.25, 0.3) is 5.91 Å². The Morgan fingerprint density at radius 1 is 1.04 bits per heavy atom. The van der Waals surface area contributed by atoms with E-state index in [1.165, 1.54) is 20.1 Å². The van der Waals surface area contributed by atoms with Crippen LogP contribution in [-0.4, -0.2) is 44.1 Å². The molecule has 0 unspecified atom stereocenters. The van der Waals surface area contributed by atoms with E-state index in [0.29, 0.717) is 17.1 Å². The molecule has 0 aliphatic carbocycles. The molecule has 0 bridgehead atoms. The van der Waals surface area contributed by atoms with Crippen LogP contribution in [0.1, 0.15) is 13.8 Å². The summed E-state index contributed by atoms with van der Waals surface area (Å²) < 4.78 is 14.4. The lowest BCUT2D eigenvalue weighted by molar-refractivity contribution is -0.143. The smallest absolute Gasteiger partial charge is 0.331 e. The van der Waals surface area contributed by atoms with E-state index in [1.54, 1.807) is 19.1 Å². The molecule has 0 radical (unpaired) electrons. The first-order valence-corrected chi connectivity index (χ1v) is 7.62. The first-order valence-electron chi connectivity index (χ1n) is 7.62. The number of ether oxygens (including phenoxy) is 3. The first kappa shape index (κ1) is 20.7. The number of rotatable bonds is 8. The Morgan fingerprint density at radius 3 is 2.27 bits per heavy atom. The van der Waals surface area contributed by atoms with Crippen LogP contribution in [0.5, 0.6) is 5.75 Å². The zero-order valence-corrected chi connectivity index (χ0v) is 14.7. The molecule has 0 fully saturated rings. The SMILES string of the molecule is CCOC(=O)/C=C/C(=O)OCC(=O)Nc1cc(NC(C)=O)ccc1OC. The molecule has 0 spiro atoms. The first-order chi connectivity index (χ1) is 12.3. The molecule has 0 saturated heterocycles. The normalized spacial score (nSPS) is 10.1. The Hall–Kier alpha value is -3.36. The fourth-order valence-corrected chi connectivity index (χ4v) is 1.78. The number of methoxy groups -OCH3 is 1. The van der Waals surface area contributed by atoms with E-state index < -0.39 is 24.5 Å². The Morgan fingerprint density at radius 2 is 1.69 bits per heavy atom. The van der Waals surface area contributed by atoms with Crippen molar-refractivity contribution in [1.29, 1.82) is 0 Å². The fourth-order valence-electron chi connectivity index (χ4n) is 1.78. The van der Waals surface area contributed by atoms with Gasteiger partial charge in [-0.1, -0.05) is 0 Å². The molecule has 1 aromatic carbocycles. The number of carbonyl (C=O) groups excluding carboxylic acids is 4. The maximum Gasteiger partial charge on any atom is 0.331 e. The van der Waals surface area contributed by atoms with Gasteiger partial charge in [0.05, 0.1) is 19.4 Å². The summed E-state index contributed by atoms with van der Waals surface area (Å²) >= 11 is 0. The highest BCUT2D eigenvalue weighted by Crippen LogP contribution is 2.27.